The van der Waals surface area contributed by atoms with Crippen LogP contribution in [0.5, 0.6) is 5.75 Å². The Hall–Kier alpha value is -2.49. The van der Waals surface area contributed by atoms with Crippen molar-refractivity contribution >= 4 is 17.3 Å². The van der Waals surface area contributed by atoms with Crippen LogP contribution in [0.2, 0.25) is 0 Å². The number of benzene rings is 2. The third kappa shape index (κ3) is 3.54. The van der Waals surface area contributed by atoms with Crippen LogP contribution in [-0.2, 0) is 0 Å². The molecule has 2 rings (SSSR count). The normalized spacial score (nSPS) is 10.0. The van der Waals surface area contributed by atoms with Crippen molar-refractivity contribution < 1.29 is 9.53 Å². The van der Waals surface area contributed by atoms with Gasteiger partial charge in [0.15, 0.2) is 0 Å². The Morgan fingerprint density at radius 1 is 1.19 bits per heavy atom. The molecule has 21 heavy (non-hydrogen) atoms. The fourth-order valence-corrected chi connectivity index (χ4v) is 2.11. The van der Waals surface area contributed by atoms with E-state index in [0.29, 0.717) is 23.6 Å². The van der Waals surface area contributed by atoms with E-state index in [1.54, 1.807) is 0 Å². The van der Waals surface area contributed by atoms with Gasteiger partial charge in [-0.05, 0) is 49.7 Å². The Morgan fingerprint density at radius 2 is 1.95 bits per heavy atom. The molecule has 0 aromatic heterocycles. The van der Waals surface area contributed by atoms with E-state index < -0.39 is 0 Å². The standard InChI is InChI=1S/C17H20N2O2/c1-4-21-16-8-6-5-7-15(16)19-17(20)14-10-9-13(18-3)11-12(14)2/h5-11,18H,4H2,1-3H3,(H,19,20). The summed E-state index contributed by atoms with van der Waals surface area (Å²) < 4.78 is 5.52. The van der Waals surface area contributed by atoms with Gasteiger partial charge in [0.1, 0.15) is 5.75 Å². The molecule has 0 aliphatic heterocycles. The van der Waals surface area contributed by atoms with E-state index in [2.05, 4.69) is 10.6 Å². The van der Waals surface area contributed by atoms with Crippen molar-refractivity contribution in [2.75, 3.05) is 24.3 Å². The van der Waals surface area contributed by atoms with Crippen LogP contribution in [0.25, 0.3) is 0 Å². The summed E-state index contributed by atoms with van der Waals surface area (Å²) in [6, 6.07) is 13.1. The lowest BCUT2D eigenvalue weighted by Crippen LogP contribution is -2.14. The third-order valence-electron chi connectivity index (χ3n) is 3.19. The van der Waals surface area contributed by atoms with Crippen molar-refractivity contribution in [3.05, 3.63) is 53.6 Å². The molecule has 4 heteroatoms. The number of carbonyl (C=O) groups excluding carboxylic acids is 1. The molecule has 2 N–H and O–H groups in total. The van der Waals surface area contributed by atoms with Gasteiger partial charge in [-0.25, -0.2) is 0 Å². The van der Waals surface area contributed by atoms with Crippen molar-refractivity contribution in [3.63, 3.8) is 0 Å². The lowest BCUT2D eigenvalue weighted by Gasteiger charge is -2.13. The predicted molar refractivity (Wildman–Crippen MR) is 86.3 cm³/mol. The maximum Gasteiger partial charge on any atom is 0.256 e. The largest absolute Gasteiger partial charge is 0.492 e. The number of para-hydroxylation sites is 2. The van der Waals surface area contributed by atoms with Crippen molar-refractivity contribution in [3.8, 4) is 5.75 Å². The molecule has 2 aromatic rings. The van der Waals surface area contributed by atoms with Crippen LogP contribution in [0.15, 0.2) is 42.5 Å². The molecule has 0 aliphatic rings. The van der Waals surface area contributed by atoms with Gasteiger partial charge in [-0.15, -0.1) is 0 Å². The molecule has 0 radical (unpaired) electrons. The third-order valence-corrected chi connectivity index (χ3v) is 3.19. The number of hydrogen-bond acceptors (Lipinski definition) is 3. The first-order valence-corrected chi connectivity index (χ1v) is 6.97. The average Bonchev–Trinajstić information content (AvgIpc) is 2.49. The van der Waals surface area contributed by atoms with Gasteiger partial charge in [0.2, 0.25) is 0 Å². The molecule has 4 nitrogen and oxygen atoms in total. The summed E-state index contributed by atoms with van der Waals surface area (Å²) in [4.78, 5) is 12.4. The quantitative estimate of drug-likeness (QED) is 0.880. The summed E-state index contributed by atoms with van der Waals surface area (Å²) in [6.07, 6.45) is 0. The SMILES string of the molecule is CCOc1ccccc1NC(=O)c1ccc(NC)cc1C. The van der Waals surface area contributed by atoms with E-state index in [4.69, 9.17) is 4.74 Å². The Kier molecular flexibility index (Phi) is 4.82. The van der Waals surface area contributed by atoms with E-state index in [9.17, 15) is 4.79 Å². The summed E-state index contributed by atoms with van der Waals surface area (Å²) in [5.74, 6) is 0.542. The number of anilines is 2. The molecule has 0 saturated carbocycles. The maximum absolute atomic E-state index is 12.4. The molecule has 1 amide bonds. The molecule has 110 valence electrons. The highest BCUT2D eigenvalue weighted by atomic mass is 16.5. The highest BCUT2D eigenvalue weighted by Gasteiger charge is 2.12. The fraction of sp³-hybridized carbons (Fsp3) is 0.235. The lowest BCUT2D eigenvalue weighted by atomic mass is 10.1. The number of nitrogens with one attached hydrogen (secondary N) is 2. The van der Waals surface area contributed by atoms with Crippen LogP contribution >= 0.6 is 0 Å². The second kappa shape index (κ2) is 6.79. The van der Waals surface area contributed by atoms with Crippen LogP contribution in [-0.4, -0.2) is 19.6 Å². The zero-order valence-corrected chi connectivity index (χ0v) is 12.6. The molecule has 0 fully saturated rings. The molecule has 0 bridgehead atoms. The zero-order valence-electron chi connectivity index (χ0n) is 12.6. The second-order valence-corrected chi connectivity index (χ2v) is 4.66. The molecule has 0 aliphatic carbocycles. The number of aryl methyl sites for hydroxylation is 1. The number of carbonyl (C=O) groups is 1. The fourth-order valence-electron chi connectivity index (χ4n) is 2.11. The van der Waals surface area contributed by atoms with Crippen LogP contribution in [0, 0.1) is 6.92 Å². The molecule has 0 unspecified atom stereocenters. The maximum atomic E-state index is 12.4. The predicted octanol–water partition coefficient (Wildman–Crippen LogP) is 3.69. The van der Waals surface area contributed by atoms with Crippen LogP contribution in [0.4, 0.5) is 11.4 Å². The van der Waals surface area contributed by atoms with Gasteiger partial charge in [0.05, 0.1) is 12.3 Å². The molecular weight excluding hydrogens is 264 g/mol. The Labute approximate surface area is 125 Å². The van der Waals surface area contributed by atoms with Gasteiger partial charge in [-0.1, -0.05) is 12.1 Å². The van der Waals surface area contributed by atoms with Crippen molar-refractivity contribution in [1.29, 1.82) is 0 Å². The smallest absolute Gasteiger partial charge is 0.256 e. The highest BCUT2D eigenvalue weighted by Crippen LogP contribution is 2.25. The molecule has 0 saturated heterocycles. The summed E-state index contributed by atoms with van der Waals surface area (Å²) >= 11 is 0. The summed E-state index contributed by atoms with van der Waals surface area (Å²) in [5, 5.41) is 5.96. The first-order chi connectivity index (χ1) is 10.2. The van der Waals surface area contributed by atoms with Gasteiger partial charge in [-0.3, -0.25) is 4.79 Å². The average molecular weight is 284 g/mol. The van der Waals surface area contributed by atoms with Crippen LogP contribution in [0.3, 0.4) is 0 Å². The molecule has 0 heterocycles. The monoisotopic (exact) mass is 284 g/mol. The van der Waals surface area contributed by atoms with Crippen LogP contribution < -0.4 is 15.4 Å². The highest BCUT2D eigenvalue weighted by molar-refractivity contribution is 6.06. The Balaban J connectivity index is 2.22. The van der Waals surface area contributed by atoms with Gasteiger partial charge in [0, 0.05) is 18.3 Å². The van der Waals surface area contributed by atoms with E-state index in [1.807, 2.05) is 63.4 Å². The van der Waals surface area contributed by atoms with Crippen molar-refractivity contribution in [2.24, 2.45) is 0 Å². The molecule has 0 spiro atoms. The molecular formula is C17H20N2O2. The molecule has 0 atom stereocenters. The van der Waals surface area contributed by atoms with Crippen molar-refractivity contribution in [1.82, 2.24) is 0 Å². The van der Waals surface area contributed by atoms with Gasteiger partial charge in [0.25, 0.3) is 5.91 Å². The molecule has 2 aromatic carbocycles. The number of amides is 1. The minimum Gasteiger partial charge on any atom is -0.492 e. The number of hydrogen-bond donors (Lipinski definition) is 2. The van der Waals surface area contributed by atoms with E-state index in [1.165, 1.54) is 0 Å². The lowest BCUT2D eigenvalue weighted by molar-refractivity contribution is 0.102. The van der Waals surface area contributed by atoms with Gasteiger partial charge < -0.3 is 15.4 Å². The zero-order chi connectivity index (χ0) is 15.2. The van der Waals surface area contributed by atoms with Crippen molar-refractivity contribution in [2.45, 2.75) is 13.8 Å². The topological polar surface area (TPSA) is 50.4 Å². The van der Waals surface area contributed by atoms with E-state index >= 15 is 0 Å². The number of ether oxygens (including phenoxy) is 1. The van der Waals surface area contributed by atoms with Crippen LogP contribution in [0.1, 0.15) is 22.8 Å². The Morgan fingerprint density at radius 3 is 2.62 bits per heavy atom. The summed E-state index contributed by atoms with van der Waals surface area (Å²) in [7, 11) is 1.85. The Bertz CT molecular complexity index is 638. The first-order valence-electron chi connectivity index (χ1n) is 6.97. The van der Waals surface area contributed by atoms with E-state index in [0.717, 1.165) is 11.3 Å². The second-order valence-electron chi connectivity index (χ2n) is 4.66. The summed E-state index contributed by atoms with van der Waals surface area (Å²) in [5.41, 5.74) is 3.24. The summed E-state index contributed by atoms with van der Waals surface area (Å²) in [6.45, 7) is 4.40. The minimum absolute atomic E-state index is 0.137. The van der Waals surface area contributed by atoms with E-state index in [-0.39, 0.29) is 5.91 Å². The van der Waals surface area contributed by atoms with Gasteiger partial charge >= 0.3 is 0 Å². The first kappa shape index (κ1) is 14.9. The number of rotatable bonds is 5. The minimum atomic E-state index is -0.137. The van der Waals surface area contributed by atoms with Gasteiger partial charge in [-0.2, -0.15) is 0 Å².